The minimum absolute atomic E-state index is 1.23. The Morgan fingerprint density at radius 2 is 1.00 bits per heavy atom. The first-order chi connectivity index (χ1) is 14.9. The van der Waals surface area contributed by atoms with Crippen molar-refractivity contribution in [1.29, 1.82) is 0 Å². The van der Waals surface area contributed by atoms with Gasteiger partial charge in [-0.25, -0.2) is 0 Å². The van der Waals surface area contributed by atoms with E-state index in [1.54, 1.807) is 0 Å². The average molecular weight is 380 g/mol. The van der Waals surface area contributed by atoms with Gasteiger partial charge in [0.25, 0.3) is 0 Å². The Kier molecular flexibility index (Phi) is 2.44. The molecular formula is C28H16N2. The molecule has 0 aliphatic rings. The molecule has 3 heterocycles. The zero-order valence-corrected chi connectivity index (χ0v) is 16.1. The second-order valence-electron chi connectivity index (χ2n) is 8.24. The Morgan fingerprint density at radius 3 is 1.80 bits per heavy atom. The zero-order chi connectivity index (χ0) is 19.4. The molecule has 138 valence electrons. The van der Waals surface area contributed by atoms with Crippen molar-refractivity contribution in [3.63, 3.8) is 0 Å². The van der Waals surface area contributed by atoms with Crippen molar-refractivity contribution in [2.24, 2.45) is 0 Å². The van der Waals surface area contributed by atoms with Gasteiger partial charge in [-0.15, -0.1) is 0 Å². The van der Waals surface area contributed by atoms with Crippen LogP contribution in [-0.4, -0.2) is 9.38 Å². The fourth-order valence-electron chi connectivity index (χ4n) is 5.71. The molecule has 1 N–H and O–H groups in total. The summed E-state index contributed by atoms with van der Waals surface area (Å²) in [5.41, 5.74) is 6.26. The Bertz CT molecular complexity index is 1950. The smallest absolute Gasteiger partial charge is 0.0804 e. The summed E-state index contributed by atoms with van der Waals surface area (Å²) >= 11 is 0. The van der Waals surface area contributed by atoms with Gasteiger partial charge in [-0.2, -0.15) is 0 Å². The maximum Gasteiger partial charge on any atom is 0.0804 e. The van der Waals surface area contributed by atoms with Gasteiger partial charge in [0, 0.05) is 26.9 Å². The second kappa shape index (κ2) is 4.92. The molecule has 8 rings (SSSR count). The average Bonchev–Trinajstić information content (AvgIpc) is 3.30. The number of hydrogen-bond donors (Lipinski definition) is 1. The molecule has 2 nitrogen and oxygen atoms in total. The van der Waals surface area contributed by atoms with Gasteiger partial charge in [-0.3, -0.25) is 0 Å². The summed E-state index contributed by atoms with van der Waals surface area (Å²) in [6.45, 7) is 0. The van der Waals surface area contributed by atoms with E-state index in [4.69, 9.17) is 0 Å². The molecule has 0 fully saturated rings. The Balaban J connectivity index is 1.94. The largest absolute Gasteiger partial charge is 0.352 e. The number of aromatic nitrogens is 2. The first-order valence-electron chi connectivity index (χ1n) is 10.4. The molecule has 3 aromatic heterocycles. The summed E-state index contributed by atoms with van der Waals surface area (Å²) in [6, 6.07) is 33.1. The lowest BCUT2D eigenvalue weighted by atomic mass is 9.95. The van der Waals surface area contributed by atoms with Crippen LogP contribution in [0.5, 0.6) is 0 Å². The fourth-order valence-corrected chi connectivity index (χ4v) is 5.71. The first kappa shape index (κ1) is 14.9. The Labute approximate surface area is 171 Å². The molecule has 0 atom stereocenters. The van der Waals surface area contributed by atoms with Crippen LogP contribution in [0.3, 0.4) is 0 Å². The number of hydrogen-bond acceptors (Lipinski definition) is 0. The van der Waals surface area contributed by atoms with Gasteiger partial charge in [0.15, 0.2) is 0 Å². The lowest BCUT2D eigenvalue weighted by Crippen LogP contribution is -1.84. The quantitative estimate of drug-likeness (QED) is 0.261. The van der Waals surface area contributed by atoms with Crippen molar-refractivity contribution in [2.45, 2.75) is 0 Å². The van der Waals surface area contributed by atoms with Gasteiger partial charge in [-0.1, -0.05) is 78.9 Å². The lowest BCUT2D eigenvalue weighted by molar-refractivity contribution is 1.36. The van der Waals surface area contributed by atoms with E-state index in [1.165, 1.54) is 70.7 Å². The highest BCUT2D eigenvalue weighted by molar-refractivity contribution is 6.38. The van der Waals surface area contributed by atoms with Crippen LogP contribution in [0.2, 0.25) is 0 Å². The summed E-state index contributed by atoms with van der Waals surface area (Å²) in [5, 5.41) is 10.5. The summed E-state index contributed by atoms with van der Waals surface area (Å²) in [7, 11) is 0. The molecule has 0 aliphatic carbocycles. The molecule has 0 unspecified atom stereocenters. The highest BCUT2D eigenvalue weighted by Crippen LogP contribution is 2.45. The monoisotopic (exact) mass is 380 g/mol. The molecule has 0 bridgehead atoms. The van der Waals surface area contributed by atoms with Gasteiger partial charge in [-0.05, 0) is 28.3 Å². The fraction of sp³-hybridized carbons (Fsp3) is 0. The van der Waals surface area contributed by atoms with Crippen LogP contribution in [0.4, 0.5) is 0 Å². The molecule has 0 spiro atoms. The number of benzene rings is 5. The van der Waals surface area contributed by atoms with E-state index in [1.807, 2.05) is 0 Å². The van der Waals surface area contributed by atoms with Crippen LogP contribution in [0.15, 0.2) is 91.0 Å². The molecule has 2 heteroatoms. The summed E-state index contributed by atoms with van der Waals surface area (Å²) in [6.07, 6.45) is 0. The molecule has 5 aromatic carbocycles. The Morgan fingerprint density at radius 1 is 0.433 bits per heavy atom. The van der Waals surface area contributed by atoms with Crippen LogP contribution in [-0.2, 0) is 0 Å². The standard InChI is InChI=1S/C28H16N2/c1-2-10-20-16(8-1)18-12-7-13-19-17-9-3-5-14-22(17)30-23-15-6-4-11-21(23)27-28(30)25(24(18)19)26(20)29-27/h1-15,29H. The van der Waals surface area contributed by atoms with Crippen molar-refractivity contribution >= 4 is 70.7 Å². The van der Waals surface area contributed by atoms with Crippen LogP contribution in [0, 0.1) is 0 Å². The van der Waals surface area contributed by atoms with Gasteiger partial charge < -0.3 is 9.38 Å². The van der Waals surface area contributed by atoms with Crippen molar-refractivity contribution < 1.29 is 0 Å². The van der Waals surface area contributed by atoms with E-state index in [2.05, 4.69) is 100 Å². The van der Waals surface area contributed by atoms with Gasteiger partial charge in [0.1, 0.15) is 0 Å². The number of fused-ring (bicyclic) bond motifs is 9. The third-order valence-electron chi connectivity index (χ3n) is 6.85. The van der Waals surface area contributed by atoms with Crippen molar-refractivity contribution in [1.82, 2.24) is 9.38 Å². The number of aromatic amines is 1. The van der Waals surface area contributed by atoms with Crippen molar-refractivity contribution in [3.05, 3.63) is 91.0 Å². The molecule has 0 radical (unpaired) electrons. The minimum Gasteiger partial charge on any atom is -0.352 e. The van der Waals surface area contributed by atoms with E-state index in [-0.39, 0.29) is 0 Å². The normalized spacial score (nSPS) is 12.7. The second-order valence-corrected chi connectivity index (χ2v) is 8.24. The van der Waals surface area contributed by atoms with Crippen LogP contribution in [0.25, 0.3) is 70.7 Å². The minimum atomic E-state index is 1.23. The third-order valence-corrected chi connectivity index (χ3v) is 6.85. The molecule has 8 aromatic rings. The molecule has 0 amide bonds. The summed E-state index contributed by atoms with van der Waals surface area (Å²) < 4.78 is 2.47. The van der Waals surface area contributed by atoms with E-state index < -0.39 is 0 Å². The third kappa shape index (κ3) is 1.53. The van der Waals surface area contributed by atoms with E-state index >= 15 is 0 Å². The molecule has 0 saturated carbocycles. The van der Waals surface area contributed by atoms with Crippen LogP contribution >= 0.6 is 0 Å². The zero-order valence-electron chi connectivity index (χ0n) is 16.1. The van der Waals surface area contributed by atoms with Crippen molar-refractivity contribution in [2.75, 3.05) is 0 Å². The van der Waals surface area contributed by atoms with Crippen molar-refractivity contribution in [3.8, 4) is 0 Å². The Hall–Kier alpha value is -4.04. The highest BCUT2D eigenvalue weighted by Gasteiger charge is 2.22. The molecule has 0 saturated heterocycles. The number of para-hydroxylation sites is 2. The number of nitrogens with zero attached hydrogens (tertiary/aromatic N) is 1. The summed E-state index contributed by atoms with van der Waals surface area (Å²) in [4.78, 5) is 3.85. The lowest BCUT2D eigenvalue weighted by Gasteiger charge is -2.08. The highest BCUT2D eigenvalue weighted by atomic mass is 14.9. The maximum atomic E-state index is 3.85. The maximum absolute atomic E-state index is 3.85. The van der Waals surface area contributed by atoms with E-state index in [9.17, 15) is 0 Å². The van der Waals surface area contributed by atoms with E-state index in [0.29, 0.717) is 0 Å². The van der Waals surface area contributed by atoms with Crippen LogP contribution < -0.4 is 0 Å². The predicted molar refractivity (Wildman–Crippen MR) is 128 cm³/mol. The molecule has 0 aliphatic heterocycles. The first-order valence-corrected chi connectivity index (χ1v) is 10.4. The van der Waals surface area contributed by atoms with E-state index in [0.717, 1.165) is 0 Å². The number of H-pyrrole nitrogens is 1. The van der Waals surface area contributed by atoms with Crippen LogP contribution in [0.1, 0.15) is 0 Å². The topological polar surface area (TPSA) is 20.2 Å². The van der Waals surface area contributed by atoms with Gasteiger partial charge in [0.05, 0.1) is 27.6 Å². The number of nitrogens with one attached hydrogen (secondary N) is 1. The van der Waals surface area contributed by atoms with Gasteiger partial charge >= 0.3 is 0 Å². The summed E-state index contributed by atoms with van der Waals surface area (Å²) in [5.74, 6) is 0. The number of rotatable bonds is 0. The SMILES string of the molecule is c1ccc2c(c1)c1cccc3c4ccccc4n4c5ccccc5c5[nH]c2c(c13)c54. The predicted octanol–water partition coefficient (Wildman–Crippen LogP) is 7.62. The van der Waals surface area contributed by atoms with Gasteiger partial charge in [0.2, 0.25) is 0 Å². The molecular weight excluding hydrogens is 364 g/mol. The molecule has 30 heavy (non-hydrogen) atoms.